The van der Waals surface area contributed by atoms with Gasteiger partial charge in [-0.05, 0) is 43.9 Å². The van der Waals surface area contributed by atoms with E-state index in [2.05, 4.69) is 26.1 Å². The van der Waals surface area contributed by atoms with Gasteiger partial charge >= 0.3 is 12.0 Å². The number of urea groups is 1. The number of rotatable bonds is 9. The Morgan fingerprint density at radius 3 is 2.56 bits per heavy atom. The summed E-state index contributed by atoms with van der Waals surface area (Å²) in [7, 11) is 1.38. The van der Waals surface area contributed by atoms with Gasteiger partial charge in [0.25, 0.3) is 0 Å². The molecule has 0 aliphatic heterocycles. The third kappa shape index (κ3) is 6.30. The molecule has 8 heteroatoms. The number of amides is 2. The van der Waals surface area contributed by atoms with Crippen LogP contribution in [0.25, 0.3) is 0 Å². The topological polar surface area (TPSA) is 105 Å². The first-order chi connectivity index (χ1) is 12.0. The summed E-state index contributed by atoms with van der Waals surface area (Å²) >= 11 is 0. The molecular formula is C17H27N5O3. The fraction of sp³-hybridized carbons (Fsp3) is 0.647. The first-order valence-electron chi connectivity index (χ1n) is 8.71. The van der Waals surface area contributed by atoms with E-state index in [9.17, 15) is 9.59 Å². The second kappa shape index (κ2) is 9.31. The Kier molecular flexibility index (Phi) is 7.12. The Morgan fingerprint density at radius 2 is 2.00 bits per heavy atom. The number of hydrogen-bond donors (Lipinski definition) is 3. The maximum atomic E-state index is 11.8. The van der Waals surface area contributed by atoms with Crippen LogP contribution in [0.15, 0.2) is 12.1 Å². The smallest absolute Gasteiger partial charge is 0.323 e. The van der Waals surface area contributed by atoms with Crippen LogP contribution in [0.5, 0.6) is 0 Å². The molecule has 0 radical (unpaired) electrons. The van der Waals surface area contributed by atoms with E-state index >= 15 is 0 Å². The second-order valence-electron chi connectivity index (χ2n) is 6.55. The monoisotopic (exact) mass is 349 g/mol. The van der Waals surface area contributed by atoms with Crippen molar-refractivity contribution in [1.82, 2.24) is 20.8 Å². The van der Waals surface area contributed by atoms with E-state index in [4.69, 9.17) is 4.74 Å². The lowest BCUT2D eigenvalue weighted by Gasteiger charge is -2.19. The van der Waals surface area contributed by atoms with Crippen molar-refractivity contribution < 1.29 is 14.3 Å². The summed E-state index contributed by atoms with van der Waals surface area (Å²) in [4.78, 5) is 23.4. The predicted molar refractivity (Wildman–Crippen MR) is 94.3 cm³/mol. The molecule has 1 atom stereocenters. The van der Waals surface area contributed by atoms with E-state index in [1.807, 2.05) is 19.9 Å². The minimum Gasteiger partial charge on any atom is -0.468 e. The molecule has 1 saturated carbocycles. The van der Waals surface area contributed by atoms with Crippen molar-refractivity contribution in [3.05, 3.63) is 17.8 Å². The lowest BCUT2D eigenvalue weighted by Crippen LogP contribution is -2.43. The first-order valence-corrected chi connectivity index (χ1v) is 8.71. The maximum Gasteiger partial charge on any atom is 0.323 e. The third-order valence-corrected chi connectivity index (χ3v) is 4.05. The average Bonchev–Trinajstić information content (AvgIpc) is 3.42. The predicted octanol–water partition coefficient (Wildman–Crippen LogP) is 1.65. The fourth-order valence-corrected chi connectivity index (χ4v) is 2.43. The van der Waals surface area contributed by atoms with E-state index < -0.39 is 0 Å². The summed E-state index contributed by atoms with van der Waals surface area (Å²) in [5.74, 6) is 0.850. The van der Waals surface area contributed by atoms with E-state index in [1.54, 1.807) is 6.07 Å². The van der Waals surface area contributed by atoms with Gasteiger partial charge in [-0.15, -0.1) is 5.10 Å². The van der Waals surface area contributed by atoms with Gasteiger partial charge in [-0.1, -0.05) is 13.8 Å². The van der Waals surface area contributed by atoms with Crippen LogP contribution in [-0.4, -0.2) is 48.4 Å². The number of methoxy groups -OCH3 is 1. The number of ether oxygens (including phenoxy) is 1. The molecule has 0 spiro atoms. The van der Waals surface area contributed by atoms with Crippen LogP contribution in [0.1, 0.15) is 44.7 Å². The molecule has 8 nitrogen and oxygen atoms in total. The van der Waals surface area contributed by atoms with Crippen LogP contribution in [-0.2, 0) is 9.53 Å². The van der Waals surface area contributed by atoms with Crippen LogP contribution in [0.3, 0.4) is 0 Å². The highest BCUT2D eigenvalue weighted by molar-refractivity contribution is 5.88. The number of anilines is 1. The second-order valence-corrected chi connectivity index (χ2v) is 6.55. The standard InChI is InChI=1S/C17H27N5O3/c1-11(2)15(16(23)25-3)18-9-4-10-19-17(24)20-14-8-7-13(21-22-14)12-5-6-12/h7-8,11-12,15,18H,4-6,9-10H2,1-3H3,(H2,19,20,22,24)/t15-/m0/s1. The van der Waals surface area contributed by atoms with Crippen molar-refractivity contribution in [2.45, 2.75) is 45.1 Å². The number of carbonyl (C=O) groups excluding carboxylic acids is 2. The summed E-state index contributed by atoms with van der Waals surface area (Å²) in [6.45, 7) is 5.00. The molecule has 2 amide bonds. The number of carbonyl (C=O) groups is 2. The SMILES string of the molecule is COC(=O)[C@@H](NCCCNC(=O)Nc1ccc(C2CC2)nn1)C(C)C. The molecule has 0 unspecified atom stereocenters. The highest BCUT2D eigenvalue weighted by Gasteiger charge is 2.25. The summed E-state index contributed by atoms with van der Waals surface area (Å²) in [6.07, 6.45) is 3.03. The number of aromatic nitrogens is 2. The summed E-state index contributed by atoms with van der Waals surface area (Å²) in [6, 6.07) is 3.02. The molecule has 1 aliphatic carbocycles. The Bertz CT molecular complexity index is 572. The minimum atomic E-state index is -0.334. The highest BCUT2D eigenvalue weighted by atomic mass is 16.5. The van der Waals surface area contributed by atoms with Gasteiger partial charge in [-0.3, -0.25) is 10.1 Å². The molecular weight excluding hydrogens is 322 g/mol. The van der Waals surface area contributed by atoms with Crippen molar-refractivity contribution >= 4 is 17.8 Å². The van der Waals surface area contributed by atoms with E-state index in [1.165, 1.54) is 20.0 Å². The quantitative estimate of drug-likeness (QED) is 0.462. The molecule has 1 fully saturated rings. The van der Waals surface area contributed by atoms with Gasteiger partial charge in [-0.25, -0.2) is 4.79 Å². The number of hydrogen-bond acceptors (Lipinski definition) is 6. The lowest BCUT2D eigenvalue weighted by molar-refractivity contribution is -0.144. The number of nitrogens with one attached hydrogen (secondary N) is 3. The van der Waals surface area contributed by atoms with Gasteiger partial charge in [-0.2, -0.15) is 5.10 Å². The van der Waals surface area contributed by atoms with Crippen LogP contribution in [0.2, 0.25) is 0 Å². The van der Waals surface area contributed by atoms with Gasteiger partial charge in [0.15, 0.2) is 5.82 Å². The molecule has 0 bridgehead atoms. The molecule has 138 valence electrons. The van der Waals surface area contributed by atoms with Crippen molar-refractivity contribution in [1.29, 1.82) is 0 Å². The van der Waals surface area contributed by atoms with Crippen molar-refractivity contribution in [2.75, 3.05) is 25.5 Å². The van der Waals surface area contributed by atoms with Crippen LogP contribution < -0.4 is 16.0 Å². The van der Waals surface area contributed by atoms with Gasteiger partial charge in [0.1, 0.15) is 6.04 Å². The van der Waals surface area contributed by atoms with E-state index in [-0.39, 0.29) is 24.0 Å². The fourth-order valence-electron chi connectivity index (χ4n) is 2.43. The Morgan fingerprint density at radius 1 is 1.24 bits per heavy atom. The molecule has 0 saturated heterocycles. The molecule has 3 N–H and O–H groups in total. The van der Waals surface area contributed by atoms with Crippen LogP contribution in [0.4, 0.5) is 10.6 Å². The maximum absolute atomic E-state index is 11.8. The van der Waals surface area contributed by atoms with Crippen molar-refractivity contribution in [2.24, 2.45) is 5.92 Å². The third-order valence-electron chi connectivity index (χ3n) is 4.05. The summed E-state index contributed by atoms with van der Waals surface area (Å²) < 4.78 is 4.77. The van der Waals surface area contributed by atoms with Gasteiger partial charge in [0.05, 0.1) is 12.8 Å². The van der Waals surface area contributed by atoms with Crippen molar-refractivity contribution in [3.8, 4) is 0 Å². The minimum absolute atomic E-state index is 0.140. The zero-order valence-electron chi connectivity index (χ0n) is 15.0. The molecule has 1 aromatic rings. The average molecular weight is 349 g/mol. The summed E-state index contributed by atoms with van der Waals surface area (Å²) in [5, 5.41) is 16.7. The van der Waals surface area contributed by atoms with Crippen LogP contribution >= 0.6 is 0 Å². The highest BCUT2D eigenvalue weighted by Crippen LogP contribution is 2.38. The molecule has 2 rings (SSSR count). The largest absolute Gasteiger partial charge is 0.468 e. The van der Waals surface area contributed by atoms with E-state index in [0.717, 1.165) is 5.69 Å². The zero-order chi connectivity index (χ0) is 18.2. The number of nitrogens with zero attached hydrogens (tertiary/aromatic N) is 2. The lowest BCUT2D eigenvalue weighted by atomic mass is 10.0. The number of esters is 1. The Labute approximate surface area is 148 Å². The first kappa shape index (κ1) is 19.1. The van der Waals surface area contributed by atoms with Crippen molar-refractivity contribution in [3.63, 3.8) is 0 Å². The normalized spacial score (nSPS) is 14.9. The molecule has 1 heterocycles. The molecule has 1 aliphatic rings. The Balaban J connectivity index is 1.62. The Hall–Kier alpha value is -2.22. The molecule has 1 aromatic heterocycles. The van der Waals surface area contributed by atoms with Gasteiger partial charge in [0, 0.05) is 12.5 Å². The van der Waals surface area contributed by atoms with Gasteiger partial charge < -0.3 is 15.4 Å². The molecule has 25 heavy (non-hydrogen) atoms. The van der Waals surface area contributed by atoms with Gasteiger partial charge in [0.2, 0.25) is 0 Å². The van der Waals surface area contributed by atoms with E-state index in [0.29, 0.717) is 31.2 Å². The molecule has 0 aromatic carbocycles. The zero-order valence-corrected chi connectivity index (χ0v) is 15.0. The summed E-state index contributed by atoms with van der Waals surface area (Å²) in [5.41, 5.74) is 0.988. The van der Waals surface area contributed by atoms with Crippen LogP contribution in [0, 0.1) is 5.92 Å².